The first-order chi connectivity index (χ1) is 18.0. The molecule has 5 rings (SSSR count). The zero-order valence-corrected chi connectivity index (χ0v) is 22.3. The van der Waals surface area contributed by atoms with E-state index in [0.717, 1.165) is 17.8 Å². The van der Waals surface area contributed by atoms with Gasteiger partial charge in [-0.2, -0.15) is 0 Å². The SMILES string of the molecule is CCCc1ccc(-c2ccc(N(c3ccc(-c4ccc(C)cc4)cc3)c3ccc(C)c(C)c3)cc2)cc1. The first-order valence-corrected chi connectivity index (χ1v) is 13.3. The summed E-state index contributed by atoms with van der Waals surface area (Å²) >= 11 is 0. The summed E-state index contributed by atoms with van der Waals surface area (Å²) in [5.74, 6) is 0. The van der Waals surface area contributed by atoms with Crippen LogP contribution in [0.15, 0.2) is 115 Å². The number of aryl methyl sites for hydroxylation is 4. The Labute approximate surface area is 222 Å². The number of hydrogen-bond acceptors (Lipinski definition) is 1. The van der Waals surface area contributed by atoms with Crippen LogP contribution in [0.3, 0.4) is 0 Å². The molecule has 0 atom stereocenters. The summed E-state index contributed by atoms with van der Waals surface area (Å²) in [5, 5.41) is 0. The van der Waals surface area contributed by atoms with Crippen molar-refractivity contribution in [3.05, 3.63) is 138 Å². The first-order valence-electron chi connectivity index (χ1n) is 13.3. The lowest BCUT2D eigenvalue weighted by molar-refractivity contribution is 0.922. The Kier molecular flexibility index (Phi) is 7.23. The highest BCUT2D eigenvalue weighted by Crippen LogP contribution is 2.37. The molecule has 1 heteroatoms. The van der Waals surface area contributed by atoms with Crippen LogP contribution in [0.25, 0.3) is 22.3 Å². The lowest BCUT2D eigenvalue weighted by Gasteiger charge is -2.26. The average Bonchev–Trinajstić information content (AvgIpc) is 2.93. The summed E-state index contributed by atoms with van der Waals surface area (Å²) in [4.78, 5) is 2.35. The fraction of sp³-hybridized carbons (Fsp3) is 0.167. The van der Waals surface area contributed by atoms with Gasteiger partial charge in [-0.25, -0.2) is 0 Å². The maximum absolute atomic E-state index is 2.35. The van der Waals surface area contributed by atoms with Crippen LogP contribution >= 0.6 is 0 Å². The van der Waals surface area contributed by atoms with Crippen molar-refractivity contribution < 1.29 is 0 Å². The molecule has 0 radical (unpaired) electrons. The molecule has 5 aromatic rings. The molecular formula is C36H35N. The Morgan fingerprint density at radius 3 is 1.35 bits per heavy atom. The molecule has 0 unspecified atom stereocenters. The van der Waals surface area contributed by atoms with E-state index in [9.17, 15) is 0 Å². The summed E-state index contributed by atoms with van der Waals surface area (Å²) in [6.45, 7) is 8.70. The van der Waals surface area contributed by atoms with Crippen molar-refractivity contribution in [1.82, 2.24) is 0 Å². The van der Waals surface area contributed by atoms with E-state index in [1.807, 2.05) is 0 Å². The van der Waals surface area contributed by atoms with Crippen molar-refractivity contribution in [3.8, 4) is 22.3 Å². The quantitative estimate of drug-likeness (QED) is 0.223. The third kappa shape index (κ3) is 5.52. The molecule has 0 heterocycles. The smallest absolute Gasteiger partial charge is 0.0464 e. The molecule has 0 spiro atoms. The van der Waals surface area contributed by atoms with E-state index in [1.54, 1.807) is 0 Å². The molecule has 0 amide bonds. The Hall–Kier alpha value is -4.10. The maximum atomic E-state index is 2.35. The highest BCUT2D eigenvalue weighted by atomic mass is 15.1. The zero-order chi connectivity index (χ0) is 25.8. The Balaban J connectivity index is 1.50. The van der Waals surface area contributed by atoms with Crippen LogP contribution in [-0.4, -0.2) is 0 Å². The molecule has 0 aliphatic heterocycles. The molecule has 0 fully saturated rings. The van der Waals surface area contributed by atoms with Crippen molar-refractivity contribution in [2.24, 2.45) is 0 Å². The van der Waals surface area contributed by atoms with Crippen LogP contribution in [0.4, 0.5) is 17.1 Å². The fourth-order valence-electron chi connectivity index (χ4n) is 4.82. The minimum atomic E-state index is 1.13. The van der Waals surface area contributed by atoms with Crippen molar-refractivity contribution in [1.29, 1.82) is 0 Å². The van der Waals surface area contributed by atoms with Gasteiger partial charge in [0.1, 0.15) is 0 Å². The second kappa shape index (κ2) is 10.9. The van der Waals surface area contributed by atoms with Gasteiger partial charge in [-0.05, 0) is 103 Å². The minimum absolute atomic E-state index is 1.13. The van der Waals surface area contributed by atoms with Crippen molar-refractivity contribution >= 4 is 17.1 Å². The topological polar surface area (TPSA) is 3.24 Å². The van der Waals surface area contributed by atoms with Crippen molar-refractivity contribution in [2.45, 2.75) is 40.5 Å². The van der Waals surface area contributed by atoms with E-state index in [4.69, 9.17) is 0 Å². The highest BCUT2D eigenvalue weighted by Gasteiger charge is 2.14. The van der Waals surface area contributed by atoms with Crippen molar-refractivity contribution in [3.63, 3.8) is 0 Å². The molecule has 0 aliphatic carbocycles. The van der Waals surface area contributed by atoms with E-state index in [1.165, 1.54) is 56.6 Å². The molecule has 37 heavy (non-hydrogen) atoms. The fourth-order valence-corrected chi connectivity index (χ4v) is 4.82. The molecule has 0 saturated carbocycles. The van der Waals surface area contributed by atoms with Gasteiger partial charge in [0.2, 0.25) is 0 Å². The third-order valence-electron chi connectivity index (χ3n) is 7.21. The van der Waals surface area contributed by atoms with E-state index >= 15 is 0 Å². The molecule has 1 nitrogen and oxygen atoms in total. The molecule has 0 N–H and O–H groups in total. The molecule has 0 aliphatic rings. The lowest BCUT2D eigenvalue weighted by Crippen LogP contribution is -2.10. The van der Waals surface area contributed by atoms with Gasteiger partial charge in [-0.15, -0.1) is 0 Å². The van der Waals surface area contributed by atoms with Crippen LogP contribution in [0.1, 0.15) is 35.6 Å². The summed E-state index contributed by atoms with van der Waals surface area (Å²) in [5.41, 5.74) is 13.7. The van der Waals surface area contributed by atoms with Gasteiger partial charge in [0.25, 0.3) is 0 Å². The number of anilines is 3. The number of rotatable bonds is 7. The van der Waals surface area contributed by atoms with Crippen LogP contribution in [0.2, 0.25) is 0 Å². The largest absolute Gasteiger partial charge is 0.310 e. The Bertz CT molecular complexity index is 1460. The normalized spacial score (nSPS) is 10.9. The van der Waals surface area contributed by atoms with Crippen LogP contribution in [-0.2, 0) is 6.42 Å². The summed E-state index contributed by atoms with van der Waals surface area (Å²) < 4.78 is 0. The lowest BCUT2D eigenvalue weighted by atomic mass is 10.0. The Morgan fingerprint density at radius 1 is 0.459 bits per heavy atom. The van der Waals surface area contributed by atoms with Gasteiger partial charge in [0, 0.05) is 17.1 Å². The standard InChI is InChI=1S/C36H35N/c1-5-6-29-10-14-31(15-11-29)33-18-23-35(24-19-33)37(36-20-9-27(3)28(4)25-36)34-21-16-32(17-22-34)30-12-7-26(2)8-13-30/h7-25H,5-6H2,1-4H3. The summed E-state index contributed by atoms with van der Waals surface area (Å²) in [6.07, 6.45) is 2.31. The summed E-state index contributed by atoms with van der Waals surface area (Å²) in [6, 6.07) is 42.3. The Morgan fingerprint density at radius 2 is 0.892 bits per heavy atom. The predicted octanol–water partition coefficient (Wildman–Crippen LogP) is 10.4. The van der Waals surface area contributed by atoms with Gasteiger partial charge in [-0.3, -0.25) is 0 Å². The molecule has 0 aromatic heterocycles. The third-order valence-corrected chi connectivity index (χ3v) is 7.21. The number of benzene rings is 5. The van der Waals surface area contributed by atoms with Crippen LogP contribution in [0, 0.1) is 20.8 Å². The van der Waals surface area contributed by atoms with Gasteiger partial charge >= 0.3 is 0 Å². The van der Waals surface area contributed by atoms with Crippen LogP contribution in [0.5, 0.6) is 0 Å². The van der Waals surface area contributed by atoms with Gasteiger partial charge in [0.15, 0.2) is 0 Å². The molecule has 0 saturated heterocycles. The van der Waals surface area contributed by atoms with E-state index in [-0.39, 0.29) is 0 Å². The number of hydrogen-bond donors (Lipinski definition) is 0. The second-order valence-corrected chi connectivity index (χ2v) is 10.0. The maximum Gasteiger partial charge on any atom is 0.0464 e. The highest BCUT2D eigenvalue weighted by molar-refractivity contribution is 5.80. The molecular weight excluding hydrogens is 446 g/mol. The van der Waals surface area contributed by atoms with Gasteiger partial charge in [-0.1, -0.05) is 97.8 Å². The zero-order valence-electron chi connectivity index (χ0n) is 22.3. The van der Waals surface area contributed by atoms with Gasteiger partial charge in [0.05, 0.1) is 0 Å². The molecule has 184 valence electrons. The minimum Gasteiger partial charge on any atom is -0.310 e. The molecule has 0 bridgehead atoms. The van der Waals surface area contributed by atoms with Crippen LogP contribution < -0.4 is 4.90 Å². The molecule has 5 aromatic carbocycles. The average molecular weight is 482 g/mol. The summed E-state index contributed by atoms with van der Waals surface area (Å²) in [7, 11) is 0. The van der Waals surface area contributed by atoms with Crippen molar-refractivity contribution in [2.75, 3.05) is 4.90 Å². The second-order valence-electron chi connectivity index (χ2n) is 10.0. The van der Waals surface area contributed by atoms with E-state index in [2.05, 4.69) is 148 Å². The first kappa shape index (κ1) is 24.6. The van der Waals surface area contributed by atoms with E-state index in [0.29, 0.717) is 0 Å². The predicted molar refractivity (Wildman–Crippen MR) is 160 cm³/mol. The monoisotopic (exact) mass is 481 g/mol. The van der Waals surface area contributed by atoms with Gasteiger partial charge < -0.3 is 4.90 Å². The number of nitrogens with zero attached hydrogens (tertiary/aromatic N) is 1. The van der Waals surface area contributed by atoms with E-state index < -0.39 is 0 Å².